The number of benzene rings is 1. The van der Waals surface area contributed by atoms with E-state index in [1.165, 1.54) is 11.3 Å². The second kappa shape index (κ2) is 6.69. The van der Waals surface area contributed by atoms with E-state index in [1.54, 1.807) is 30.3 Å². The van der Waals surface area contributed by atoms with Crippen molar-refractivity contribution in [1.29, 1.82) is 0 Å². The van der Waals surface area contributed by atoms with Crippen LogP contribution in [0.5, 0.6) is 0 Å². The van der Waals surface area contributed by atoms with Gasteiger partial charge in [0.15, 0.2) is 0 Å². The van der Waals surface area contributed by atoms with Gasteiger partial charge in [0.1, 0.15) is 0 Å². The van der Waals surface area contributed by atoms with Crippen LogP contribution in [0.3, 0.4) is 0 Å². The quantitative estimate of drug-likeness (QED) is 0.769. The van der Waals surface area contributed by atoms with Crippen LogP contribution in [0.2, 0.25) is 0 Å². The van der Waals surface area contributed by atoms with E-state index in [9.17, 15) is 8.42 Å². The fourth-order valence-corrected chi connectivity index (χ4v) is 4.87. The van der Waals surface area contributed by atoms with E-state index in [0.717, 1.165) is 16.1 Å². The number of aromatic nitrogens is 1. The molecule has 0 fully saturated rings. The molecule has 0 aliphatic carbocycles. The van der Waals surface area contributed by atoms with Crippen LogP contribution in [0.25, 0.3) is 0 Å². The molecule has 1 heterocycles. The predicted molar refractivity (Wildman–Crippen MR) is 99.8 cm³/mol. The van der Waals surface area contributed by atoms with Gasteiger partial charge in [-0.1, -0.05) is 51.1 Å². The van der Waals surface area contributed by atoms with Gasteiger partial charge in [-0.25, -0.2) is 0 Å². The lowest BCUT2D eigenvalue weighted by molar-refractivity contribution is 0.587. The van der Waals surface area contributed by atoms with Crippen molar-refractivity contribution in [2.45, 2.75) is 51.5 Å². The summed E-state index contributed by atoms with van der Waals surface area (Å²) < 4.78 is 31.3. The van der Waals surface area contributed by atoms with Crippen LogP contribution in [0.1, 0.15) is 38.3 Å². The van der Waals surface area contributed by atoms with Crippen LogP contribution in [-0.4, -0.2) is 13.0 Å². The third kappa shape index (κ3) is 4.05. The molecular formula is C18H24N2O2S2. The molecule has 0 saturated carbocycles. The Labute approximate surface area is 148 Å². The zero-order valence-corrected chi connectivity index (χ0v) is 16.5. The van der Waals surface area contributed by atoms with Crippen LogP contribution < -0.4 is 4.80 Å². The van der Waals surface area contributed by atoms with Crippen LogP contribution >= 0.6 is 11.3 Å². The van der Waals surface area contributed by atoms with E-state index in [2.05, 4.69) is 31.7 Å². The molecule has 0 spiro atoms. The maximum absolute atomic E-state index is 12.6. The average Bonchev–Trinajstić information content (AvgIpc) is 2.76. The maximum atomic E-state index is 12.6. The molecule has 0 saturated heterocycles. The first-order valence-electron chi connectivity index (χ1n) is 7.73. The SMILES string of the molecule is C=C(C)Cn1c(C)c(C(C)(C)C)sc1=NS(=O)(=O)c1ccccc1. The molecule has 0 N–H and O–H groups in total. The fraction of sp³-hybridized carbons (Fsp3) is 0.389. The monoisotopic (exact) mass is 364 g/mol. The van der Waals surface area contributed by atoms with Crippen LogP contribution in [0, 0.1) is 6.92 Å². The van der Waals surface area contributed by atoms with Crippen molar-refractivity contribution in [2.75, 3.05) is 0 Å². The maximum Gasteiger partial charge on any atom is 0.285 e. The first kappa shape index (κ1) is 18.7. The molecule has 0 atom stereocenters. The van der Waals surface area contributed by atoms with Crippen molar-refractivity contribution in [1.82, 2.24) is 4.57 Å². The highest BCUT2D eigenvalue weighted by Gasteiger charge is 2.23. The Kier molecular flexibility index (Phi) is 5.20. The first-order chi connectivity index (χ1) is 11.0. The summed E-state index contributed by atoms with van der Waals surface area (Å²) in [5, 5.41) is 0. The molecule has 0 bridgehead atoms. The van der Waals surface area contributed by atoms with Crippen LogP contribution in [0.4, 0.5) is 0 Å². The van der Waals surface area contributed by atoms with Crippen molar-refractivity contribution in [2.24, 2.45) is 4.40 Å². The summed E-state index contributed by atoms with van der Waals surface area (Å²) >= 11 is 1.43. The molecule has 24 heavy (non-hydrogen) atoms. The topological polar surface area (TPSA) is 51.4 Å². The average molecular weight is 365 g/mol. The molecule has 0 amide bonds. The minimum absolute atomic E-state index is 0.0736. The highest BCUT2D eigenvalue weighted by molar-refractivity contribution is 7.90. The van der Waals surface area contributed by atoms with Gasteiger partial charge in [0.2, 0.25) is 4.80 Å². The standard InChI is InChI=1S/C18H24N2O2S2/c1-13(2)12-20-14(3)16(18(4,5)6)23-17(20)19-24(21,22)15-10-8-7-9-11-15/h7-11H,1,12H2,2-6H3. The van der Waals surface area contributed by atoms with Crippen molar-refractivity contribution >= 4 is 21.4 Å². The largest absolute Gasteiger partial charge is 0.316 e. The molecule has 2 aromatic rings. The lowest BCUT2D eigenvalue weighted by atomic mass is 9.93. The normalized spacial score (nSPS) is 13.3. The summed E-state index contributed by atoms with van der Waals surface area (Å²) in [5.41, 5.74) is 1.92. The number of thiazole rings is 1. The minimum Gasteiger partial charge on any atom is -0.316 e. The third-order valence-electron chi connectivity index (χ3n) is 3.51. The second-order valence-electron chi connectivity index (χ2n) is 6.97. The Hall–Kier alpha value is -1.66. The number of nitrogens with zero attached hydrogens (tertiary/aromatic N) is 2. The molecule has 0 aliphatic rings. The van der Waals surface area contributed by atoms with Gasteiger partial charge < -0.3 is 4.57 Å². The number of allylic oxidation sites excluding steroid dienone is 1. The molecule has 4 nitrogen and oxygen atoms in total. The van der Waals surface area contributed by atoms with Gasteiger partial charge in [-0.3, -0.25) is 0 Å². The smallest absolute Gasteiger partial charge is 0.285 e. The van der Waals surface area contributed by atoms with Crippen LogP contribution in [-0.2, 0) is 22.0 Å². The Morgan fingerprint density at radius 1 is 1.25 bits per heavy atom. The van der Waals surface area contributed by atoms with E-state index >= 15 is 0 Å². The molecule has 1 aromatic carbocycles. The third-order valence-corrected chi connectivity index (χ3v) is 6.51. The Morgan fingerprint density at radius 2 is 1.83 bits per heavy atom. The summed E-state index contributed by atoms with van der Waals surface area (Å²) in [4.78, 5) is 1.82. The molecule has 0 radical (unpaired) electrons. The highest BCUT2D eigenvalue weighted by Crippen LogP contribution is 2.28. The molecule has 6 heteroatoms. The molecule has 1 aromatic heterocycles. The zero-order valence-electron chi connectivity index (χ0n) is 14.8. The molecule has 2 rings (SSSR count). The summed E-state index contributed by atoms with van der Waals surface area (Å²) in [6.45, 7) is 14.8. The summed E-state index contributed by atoms with van der Waals surface area (Å²) in [6, 6.07) is 8.31. The Bertz CT molecular complexity index is 912. The molecule has 0 aliphatic heterocycles. The Balaban J connectivity index is 2.71. The minimum atomic E-state index is -3.74. The zero-order chi connectivity index (χ0) is 18.1. The van der Waals surface area contributed by atoms with Gasteiger partial charge in [-0.05, 0) is 31.4 Å². The number of hydrogen-bond acceptors (Lipinski definition) is 3. The van der Waals surface area contributed by atoms with E-state index in [0.29, 0.717) is 11.3 Å². The van der Waals surface area contributed by atoms with Gasteiger partial charge in [0.05, 0.1) is 4.90 Å². The van der Waals surface area contributed by atoms with Crippen molar-refractivity contribution < 1.29 is 8.42 Å². The van der Waals surface area contributed by atoms with Crippen molar-refractivity contribution in [3.63, 3.8) is 0 Å². The molecule has 130 valence electrons. The van der Waals surface area contributed by atoms with Gasteiger partial charge in [0, 0.05) is 17.1 Å². The second-order valence-corrected chi connectivity index (χ2v) is 9.55. The van der Waals surface area contributed by atoms with Crippen LogP contribution in [0.15, 0.2) is 51.8 Å². The van der Waals surface area contributed by atoms with Gasteiger partial charge >= 0.3 is 0 Å². The van der Waals surface area contributed by atoms with E-state index in [1.807, 2.05) is 18.4 Å². The number of sulfonamides is 1. The summed E-state index contributed by atoms with van der Waals surface area (Å²) in [5.74, 6) is 0. The molecule has 0 unspecified atom stereocenters. The van der Waals surface area contributed by atoms with E-state index < -0.39 is 10.0 Å². The van der Waals surface area contributed by atoms with Gasteiger partial charge in [-0.2, -0.15) is 8.42 Å². The summed E-state index contributed by atoms with van der Waals surface area (Å²) in [6.07, 6.45) is 0. The van der Waals surface area contributed by atoms with Gasteiger partial charge in [0.25, 0.3) is 10.0 Å². The Morgan fingerprint density at radius 3 is 2.33 bits per heavy atom. The highest BCUT2D eigenvalue weighted by atomic mass is 32.2. The predicted octanol–water partition coefficient (Wildman–Crippen LogP) is 4.02. The van der Waals surface area contributed by atoms with E-state index in [-0.39, 0.29) is 10.3 Å². The number of hydrogen-bond donors (Lipinski definition) is 0. The lowest BCUT2D eigenvalue weighted by Gasteiger charge is -2.17. The van der Waals surface area contributed by atoms with E-state index in [4.69, 9.17) is 0 Å². The molecular weight excluding hydrogens is 340 g/mol. The van der Waals surface area contributed by atoms with Gasteiger partial charge in [-0.15, -0.1) is 15.7 Å². The fourth-order valence-electron chi connectivity index (χ4n) is 2.45. The van der Waals surface area contributed by atoms with Crippen molar-refractivity contribution in [3.8, 4) is 0 Å². The first-order valence-corrected chi connectivity index (χ1v) is 9.99. The number of rotatable bonds is 4. The lowest BCUT2D eigenvalue weighted by Crippen LogP contribution is -2.19. The summed E-state index contributed by atoms with van der Waals surface area (Å²) in [7, 11) is -3.74. The van der Waals surface area contributed by atoms with Crippen molar-refractivity contribution in [3.05, 3.63) is 57.9 Å².